The Morgan fingerprint density at radius 2 is 1.90 bits per heavy atom. The molecule has 1 spiro atoms. The first-order valence-electron chi connectivity index (χ1n) is 9.91. The highest BCUT2D eigenvalue weighted by molar-refractivity contribution is 6.20. The molecule has 3 aliphatic heterocycles. The number of aromatic nitrogens is 3. The van der Waals surface area contributed by atoms with Crippen molar-refractivity contribution < 1.29 is 19.1 Å². The van der Waals surface area contributed by atoms with Crippen LogP contribution in [0.4, 0.5) is 10.5 Å². The van der Waals surface area contributed by atoms with Gasteiger partial charge in [-0.3, -0.25) is 20.2 Å². The summed E-state index contributed by atoms with van der Waals surface area (Å²) in [5, 5.41) is 12.7. The molecule has 2 aromatic rings. The number of carbonyl (C=O) groups is 3. The van der Waals surface area contributed by atoms with Gasteiger partial charge in [-0.05, 0) is 51.0 Å². The Morgan fingerprint density at radius 3 is 2.57 bits per heavy atom. The van der Waals surface area contributed by atoms with E-state index in [1.807, 2.05) is 39.0 Å². The molecule has 30 heavy (non-hydrogen) atoms. The molecular weight excluding hydrogens is 388 g/mol. The van der Waals surface area contributed by atoms with E-state index in [1.165, 1.54) is 0 Å². The van der Waals surface area contributed by atoms with E-state index in [-0.39, 0.29) is 18.6 Å². The number of carbonyl (C=O) groups excluding carboxylic acids is 3. The average molecular weight is 410 g/mol. The van der Waals surface area contributed by atoms with Crippen LogP contribution in [0, 0.1) is 12.3 Å². The smallest absolute Gasteiger partial charge is 0.328 e. The van der Waals surface area contributed by atoms with Crippen LogP contribution in [0.2, 0.25) is 0 Å². The van der Waals surface area contributed by atoms with Crippen LogP contribution in [-0.4, -0.2) is 57.6 Å². The van der Waals surface area contributed by atoms with Crippen molar-refractivity contribution in [3.05, 3.63) is 35.7 Å². The summed E-state index contributed by atoms with van der Waals surface area (Å²) in [6, 6.07) is 4.52. The van der Waals surface area contributed by atoms with Crippen molar-refractivity contribution in [1.82, 2.24) is 25.6 Å². The molecule has 0 unspecified atom stereocenters. The van der Waals surface area contributed by atoms with Crippen molar-refractivity contribution in [2.75, 3.05) is 11.4 Å². The van der Waals surface area contributed by atoms with E-state index in [1.54, 1.807) is 10.9 Å². The highest BCUT2D eigenvalue weighted by Gasteiger charge is 2.62. The molecule has 4 heterocycles. The lowest BCUT2D eigenvalue weighted by Gasteiger charge is -2.55. The minimum atomic E-state index is -1.47. The Labute approximate surface area is 172 Å². The molecule has 3 aliphatic rings. The number of morpholine rings is 1. The van der Waals surface area contributed by atoms with Crippen LogP contribution in [0.25, 0.3) is 5.69 Å². The maximum Gasteiger partial charge on any atom is 0.328 e. The number of nitrogens with one attached hydrogen (secondary N) is 2. The summed E-state index contributed by atoms with van der Waals surface area (Å²) in [6.45, 7) is 6.21. The monoisotopic (exact) mass is 410 g/mol. The quantitative estimate of drug-likeness (QED) is 0.656. The number of hydrogen-bond acceptors (Lipinski definition) is 7. The Morgan fingerprint density at radius 1 is 1.17 bits per heavy atom. The van der Waals surface area contributed by atoms with E-state index in [2.05, 4.69) is 25.8 Å². The SMILES string of the molecule is Cc1cn(-c2ccc3c(c2)CC2(C(=O)NC(=O)NC2=O)[C@H]2[C@H](C)O[C@H](C)CN32)nn1. The zero-order valence-corrected chi connectivity index (χ0v) is 16.9. The van der Waals surface area contributed by atoms with Crippen LogP contribution in [0.3, 0.4) is 0 Å². The molecule has 10 heteroatoms. The first-order valence-corrected chi connectivity index (χ1v) is 9.91. The van der Waals surface area contributed by atoms with E-state index in [4.69, 9.17) is 4.74 Å². The van der Waals surface area contributed by atoms with Gasteiger partial charge in [0.15, 0.2) is 5.41 Å². The number of fused-ring (bicyclic) bond motifs is 4. The van der Waals surface area contributed by atoms with Crippen molar-refractivity contribution in [3.8, 4) is 5.69 Å². The molecule has 2 N–H and O–H groups in total. The highest BCUT2D eigenvalue weighted by Crippen LogP contribution is 2.47. The first-order chi connectivity index (χ1) is 14.3. The second kappa shape index (κ2) is 6.36. The molecule has 0 bridgehead atoms. The number of urea groups is 1. The van der Waals surface area contributed by atoms with Crippen LogP contribution in [0.1, 0.15) is 25.1 Å². The molecule has 1 aromatic carbocycles. The molecule has 0 saturated carbocycles. The van der Waals surface area contributed by atoms with Gasteiger partial charge in [-0.1, -0.05) is 5.21 Å². The van der Waals surface area contributed by atoms with Crippen LogP contribution >= 0.6 is 0 Å². The first kappa shape index (κ1) is 18.7. The zero-order chi connectivity index (χ0) is 21.2. The largest absolute Gasteiger partial charge is 0.372 e. The molecule has 10 nitrogen and oxygen atoms in total. The number of hydrogen-bond donors (Lipinski definition) is 2. The number of ether oxygens (including phenoxy) is 1. The van der Waals surface area contributed by atoms with Gasteiger partial charge in [0.2, 0.25) is 11.8 Å². The predicted molar refractivity (Wildman–Crippen MR) is 105 cm³/mol. The normalized spacial score (nSPS) is 27.4. The standard InChI is InChI=1S/C20H22N6O4/c1-10-8-26(24-23-10)14-4-5-15-13(6-14)7-20(17(27)21-19(29)22-18(20)28)16-12(3)30-11(2)9-25(15)16/h4-6,8,11-12,16H,7,9H2,1-3H3,(H2,21,22,27,28,29)/t11-,12+,16-/m1/s1. The Hall–Kier alpha value is -3.27. The minimum Gasteiger partial charge on any atom is -0.372 e. The van der Waals surface area contributed by atoms with Gasteiger partial charge in [0.1, 0.15) is 0 Å². The third-order valence-electron chi connectivity index (χ3n) is 6.16. The van der Waals surface area contributed by atoms with Gasteiger partial charge in [-0.15, -0.1) is 5.10 Å². The fourth-order valence-electron chi connectivity index (χ4n) is 5.05. The average Bonchev–Trinajstić information content (AvgIpc) is 3.11. The number of rotatable bonds is 1. The summed E-state index contributed by atoms with van der Waals surface area (Å²) in [6.07, 6.45) is 1.50. The molecule has 1 aromatic heterocycles. The lowest BCUT2D eigenvalue weighted by atomic mass is 9.66. The zero-order valence-electron chi connectivity index (χ0n) is 16.9. The molecule has 2 saturated heterocycles. The Balaban J connectivity index is 1.68. The van der Waals surface area contributed by atoms with Crippen LogP contribution < -0.4 is 15.5 Å². The summed E-state index contributed by atoms with van der Waals surface area (Å²) >= 11 is 0. The van der Waals surface area contributed by atoms with Gasteiger partial charge >= 0.3 is 6.03 Å². The Kier molecular flexibility index (Phi) is 3.97. The lowest BCUT2D eigenvalue weighted by Crippen LogP contribution is -2.75. The topological polar surface area (TPSA) is 118 Å². The molecule has 5 rings (SSSR count). The second-order valence-electron chi connectivity index (χ2n) is 8.25. The third-order valence-corrected chi connectivity index (χ3v) is 6.16. The van der Waals surface area contributed by atoms with Gasteiger partial charge in [0.25, 0.3) is 0 Å². The maximum absolute atomic E-state index is 13.1. The number of nitrogens with zero attached hydrogens (tertiary/aromatic N) is 4. The maximum atomic E-state index is 13.1. The Bertz CT molecular complexity index is 1060. The van der Waals surface area contributed by atoms with E-state index in [0.717, 1.165) is 22.6 Å². The van der Waals surface area contributed by atoms with Crippen molar-refractivity contribution >= 4 is 23.5 Å². The predicted octanol–water partition coefficient (Wildman–Crippen LogP) is 0.466. The number of anilines is 1. The molecule has 4 amide bonds. The van der Waals surface area contributed by atoms with E-state index in [9.17, 15) is 14.4 Å². The van der Waals surface area contributed by atoms with Crippen LogP contribution in [-0.2, 0) is 20.7 Å². The third kappa shape index (κ3) is 2.56. The molecule has 2 fully saturated rings. The molecule has 156 valence electrons. The van der Waals surface area contributed by atoms with Gasteiger partial charge < -0.3 is 9.64 Å². The van der Waals surface area contributed by atoms with Crippen molar-refractivity contribution in [1.29, 1.82) is 0 Å². The van der Waals surface area contributed by atoms with Crippen molar-refractivity contribution in [2.45, 2.75) is 45.4 Å². The minimum absolute atomic E-state index is 0.0757. The molecular formula is C20H22N6O4. The van der Waals surface area contributed by atoms with E-state index in [0.29, 0.717) is 6.54 Å². The number of amides is 4. The molecule has 0 aliphatic carbocycles. The number of imide groups is 2. The summed E-state index contributed by atoms with van der Waals surface area (Å²) in [5.74, 6) is -1.19. The van der Waals surface area contributed by atoms with E-state index >= 15 is 0 Å². The summed E-state index contributed by atoms with van der Waals surface area (Å²) in [7, 11) is 0. The van der Waals surface area contributed by atoms with Crippen molar-refractivity contribution in [3.63, 3.8) is 0 Å². The second-order valence-corrected chi connectivity index (χ2v) is 8.25. The van der Waals surface area contributed by atoms with E-state index < -0.39 is 29.3 Å². The van der Waals surface area contributed by atoms with Gasteiger partial charge in [0, 0.05) is 12.2 Å². The number of aryl methyl sites for hydroxylation is 1. The molecule has 3 atom stereocenters. The van der Waals surface area contributed by atoms with Crippen LogP contribution in [0.5, 0.6) is 0 Å². The van der Waals surface area contributed by atoms with Gasteiger partial charge in [0.05, 0.1) is 35.8 Å². The number of barbiturate groups is 1. The number of benzene rings is 1. The fourth-order valence-corrected chi connectivity index (χ4v) is 5.05. The van der Waals surface area contributed by atoms with Crippen molar-refractivity contribution in [2.24, 2.45) is 5.41 Å². The highest BCUT2D eigenvalue weighted by atomic mass is 16.5. The summed E-state index contributed by atoms with van der Waals surface area (Å²) in [5.41, 5.74) is 1.87. The molecule has 0 radical (unpaired) electrons. The summed E-state index contributed by atoms with van der Waals surface area (Å²) in [4.78, 5) is 40.1. The van der Waals surface area contributed by atoms with Gasteiger partial charge in [-0.2, -0.15) is 0 Å². The fraction of sp³-hybridized carbons (Fsp3) is 0.450. The van der Waals surface area contributed by atoms with Crippen LogP contribution in [0.15, 0.2) is 24.4 Å². The van der Waals surface area contributed by atoms with Gasteiger partial charge in [-0.25, -0.2) is 9.48 Å². The summed E-state index contributed by atoms with van der Waals surface area (Å²) < 4.78 is 7.66. The lowest BCUT2D eigenvalue weighted by molar-refractivity contribution is -0.153.